The molecule has 0 unspecified atom stereocenters. The number of fused-ring (bicyclic) bond motifs is 1. The Morgan fingerprint density at radius 1 is 1.20 bits per heavy atom. The molecule has 2 aliphatic rings. The Morgan fingerprint density at radius 3 is 2.64 bits per heavy atom. The first kappa shape index (κ1) is 18.2. The first-order valence-electron chi connectivity index (χ1n) is 9.83. The molecule has 0 bridgehead atoms. The molecule has 0 spiro atoms. The van der Waals surface area contributed by atoms with E-state index in [1.54, 1.807) is 11.9 Å². The quantitative estimate of drug-likeness (QED) is 0.889. The van der Waals surface area contributed by atoms with Gasteiger partial charge in [-0.15, -0.1) is 0 Å². The van der Waals surface area contributed by atoms with E-state index in [0.29, 0.717) is 6.42 Å². The number of amides is 1. The van der Waals surface area contributed by atoms with E-state index in [4.69, 9.17) is 4.74 Å². The van der Waals surface area contributed by atoms with Crippen LogP contribution in [0.25, 0.3) is 0 Å². The number of rotatable bonds is 5. The van der Waals surface area contributed by atoms with Crippen LogP contribution in [0.5, 0.6) is 5.75 Å². The molecule has 4 heteroatoms. The molecule has 0 aliphatic heterocycles. The molecule has 1 fully saturated rings. The summed E-state index contributed by atoms with van der Waals surface area (Å²) in [5, 5.41) is 10.2. The van der Waals surface area contributed by atoms with E-state index in [-0.39, 0.29) is 11.9 Å². The summed E-state index contributed by atoms with van der Waals surface area (Å²) in [4.78, 5) is 14.6. The Bertz CT molecular complexity index is 601. The minimum Gasteiger partial charge on any atom is -0.481 e. The Morgan fingerprint density at radius 2 is 1.92 bits per heavy atom. The van der Waals surface area contributed by atoms with Gasteiger partial charge in [0.2, 0.25) is 0 Å². The van der Waals surface area contributed by atoms with E-state index < -0.39 is 12.2 Å². The van der Waals surface area contributed by atoms with Gasteiger partial charge < -0.3 is 14.7 Å². The van der Waals surface area contributed by atoms with Crippen molar-refractivity contribution in [1.82, 2.24) is 4.90 Å². The maximum atomic E-state index is 12.9. The van der Waals surface area contributed by atoms with E-state index in [1.807, 2.05) is 13.0 Å². The third-order valence-corrected chi connectivity index (χ3v) is 5.78. The van der Waals surface area contributed by atoms with Crippen LogP contribution in [0, 0.1) is 0 Å². The highest BCUT2D eigenvalue weighted by molar-refractivity contribution is 5.81. The largest absolute Gasteiger partial charge is 0.481 e. The number of benzene rings is 1. The van der Waals surface area contributed by atoms with E-state index in [2.05, 4.69) is 12.1 Å². The van der Waals surface area contributed by atoms with Crippen LogP contribution in [0.1, 0.15) is 63.0 Å². The molecular weight excluding hydrogens is 314 g/mol. The summed E-state index contributed by atoms with van der Waals surface area (Å²) in [5.41, 5.74) is 2.78. The molecule has 0 radical (unpaired) electrons. The number of hydrogen-bond donors (Lipinski definition) is 1. The fourth-order valence-electron chi connectivity index (χ4n) is 4.19. The van der Waals surface area contributed by atoms with Gasteiger partial charge in [-0.25, -0.2) is 0 Å². The van der Waals surface area contributed by atoms with Gasteiger partial charge in [-0.3, -0.25) is 4.79 Å². The number of carbonyl (C=O) groups is 1. The van der Waals surface area contributed by atoms with E-state index in [9.17, 15) is 9.90 Å². The first-order chi connectivity index (χ1) is 12.1. The van der Waals surface area contributed by atoms with Gasteiger partial charge in [0.1, 0.15) is 5.75 Å². The second kappa shape index (κ2) is 8.22. The zero-order valence-corrected chi connectivity index (χ0v) is 15.5. The molecule has 138 valence electrons. The summed E-state index contributed by atoms with van der Waals surface area (Å²) in [7, 11) is 1.81. The van der Waals surface area contributed by atoms with Gasteiger partial charge in [-0.2, -0.15) is 0 Å². The van der Waals surface area contributed by atoms with Gasteiger partial charge >= 0.3 is 0 Å². The summed E-state index contributed by atoms with van der Waals surface area (Å²) >= 11 is 0. The molecule has 25 heavy (non-hydrogen) atoms. The van der Waals surface area contributed by atoms with Gasteiger partial charge in [0, 0.05) is 7.05 Å². The van der Waals surface area contributed by atoms with Crippen LogP contribution in [0.15, 0.2) is 18.2 Å². The highest BCUT2D eigenvalue weighted by Gasteiger charge is 2.33. The number of aryl methyl sites for hydroxylation is 2. The van der Waals surface area contributed by atoms with Crippen molar-refractivity contribution in [1.29, 1.82) is 0 Å². The summed E-state index contributed by atoms with van der Waals surface area (Å²) in [6.45, 7) is 1.98. The molecule has 1 aromatic carbocycles. The zero-order valence-electron chi connectivity index (χ0n) is 15.5. The highest BCUT2D eigenvalue weighted by atomic mass is 16.5. The van der Waals surface area contributed by atoms with E-state index in [1.165, 1.54) is 24.0 Å². The fraction of sp³-hybridized carbons (Fsp3) is 0.667. The van der Waals surface area contributed by atoms with Crippen LogP contribution in [-0.4, -0.2) is 41.2 Å². The minimum absolute atomic E-state index is 0.0221. The number of hydrogen-bond acceptors (Lipinski definition) is 3. The smallest absolute Gasteiger partial charge is 0.263 e. The highest BCUT2D eigenvalue weighted by Crippen LogP contribution is 2.27. The predicted octanol–water partition coefficient (Wildman–Crippen LogP) is 3.48. The summed E-state index contributed by atoms with van der Waals surface area (Å²) < 4.78 is 6.07. The lowest BCUT2D eigenvalue weighted by Gasteiger charge is -2.36. The van der Waals surface area contributed by atoms with Crippen molar-refractivity contribution in [3.8, 4) is 5.75 Å². The SMILES string of the molecule is CC[C@@H](Oc1ccc2c(c1)CCCC2)C(=O)N(C)[C@@H]1CCCC[C@H]1O. The molecule has 0 saturated heterocycles. The molecule has 4 nitrogen and oxygen atoms in total. The van der Waals surface area contributed by atoms with Crippen molar-refractivity contribution in [2.75, 3.05) is 7.05 Å². The molecule has 0 aromatic heterocycles. The predicted molar refractivity (Wildman–Crippen MR) is 98.8 cm³/mol. The van der Waals surface area contributed by atoms with Gasteiger partial charge in [0.05, 0.1) is 12.1 Å². The molecule has 1 aromatic rings. The maximum absolute atomic E-state index is 12.9. The molecule has 1 amide bonds. The molecule has 2 aliphatic carbocycles. The lowest BCUT2D eigenvalue weighted by atomic mass is 9.91. The van der Waals surface area contributed by atoms with E-state index >= 15 is 0 Å². The van der Waals surface area contributed by atoms with Crippen molar-refractivity contribution in [3.05, 3.63) is 29.3 Å². The Balaban J connectivity index is 1.68. The number of likely N-dealkylation sites (N-methyl/N-ethyl adjacent to an activating group) is 1. The number of aliphatic hydroxyl groups excluding tert-OH is 1. The number of ether oxygens (including phenoxy) is 1. The van der Waals surface area contributed by atoms with E-state index in [0.717, 1.165) is 44.3 Å². The van der Waals surface area contributed by atoms with Crippen LogP contribution in [0.2, 0.25) is 0 Å². The molecule has 1 saturated carbocycles. The van der Waals surface area contributed by atoms with Crippen molar-refractivity contribution in [3.63, 3.8) is 0 Å². The van der Waals surface area contributed by atoms with Gasteiger partial charge in [0.25, 0.3) is 5.91 Å². The van der Waals surface area contributed by atoms with Crippen LogP contribution in [0.3, 0.4) is 0 Å². The van der Waals surface area contributed by atoms with Gasteiger partial charge in [-0.1, -0.05) is 25.8 Å². The Labute approximate surface area is 151 Å². The van der Waals surface area contributed by atoms with Crippen molar-refractivity contribution in [2.24, 2.45) is 0 Å². The fourth-order valence-corrected chi connectivity index (χ4v) is 4.19. The molecule has 3 atom stereocenters. The second-order valence-electron chi connectivity index (χ2n) is 7.52. The standard InChI is InChI=1S/C21H31NO3/c1-3-20(21(24)22(2)18-10-6-7-11-19(18)23)25-17-13-12-15-8-4-5-9-16(15)14-17/h12-14,18-20,23H,3-11H2,1-2H3/t18-,19-,20-/m1/s1. The third-order valence-electron chi connectivity index (χ3n) is 5.78. The molecule has 1 N–H and O–H groups in total. The average molecular weight is 345 g/mol. The number of aliphatic hydroxyl groups is 1. The van der Waals surface area contributed by atoms with Crippen LogP contribution >= 0.6 is 0 Å². The Hall–Kier alpha value is -1.55. The first-order valence-corrected chi connectivity index (χ1v) is 9.83. The average Bonchev–Trinajstić information content (AvgIpc) is 2.65. The van der Waals surface area contributed by atoms with Crippen molar-refractivity contribution in [2.45, 2.75) is 83.0 Å². The lowest BCUT2D eigenvalue weighted by molar-refractivity contribution is -0.143. The summed E-state index contributed by atoms with van der Waals surface area (Å²) in [5.74, 6) is 0.768. The number of nitrogens with zero attached hydrogens (tertiary/aromatic N) is 1. The van der Waals surface area contributed by atoms with Crippen LogP contribution in [0.4, 0.5) is 0 Å². The normalized spacial score (nSPS) is 24.3. The monoisotopic (exact) mass is 345 g/mol. The van der Waals surface area contributed by atoms with Crippen molar-refractivity contribution < 1.29 is 14.6 Å². The van der Waals surface area contributed by atoms with Gasteiger partial charge in [0.15, 0.2) is 6.10 Å². The molecule has 0 heterocycles. The number of carbonyl (C=O) groups excluding carboxylic acids is 1. The zero-order chi connectivity index (χ0) is 17.8. The van der Waals surface area contributed by atoms with Crippen molar-refractivity contribution >= 4 is 5.91 Å². The lowest BCUT2D eigenvalue weighted by Crippen LogP contribution is -2.50. The molecule has 3 rings (SSSR count). The van der Waals surface area contributed by atoms with Gasteiger partial charge in [-0.05, 0) is 68.2 Å². The minimum atomic E-state index is -0.485. The topological polar surface area (TPSA) is 49.8 Å². The summed E-state index contributed by atoms with van der Waals surface area (Å²) in [6.07, 6.45) is 8.24. The molecular formula is C21H31NO3. The summed E-state index contributed by atoms with van der Waals surface area (Å²) in [6, 6.07) is 6.17. The maximum Gasteiger partial charge on any atom is 0.263 e. The van der Waals surface area contributed by atoms with Crippen LogP contribution in [-0.2, 0) is 17.6 Å². The third kappa shape index (κ3) is 4.17. The second-order valence-corrected chi connectivity index (χ2v) is 7.52. The Kier molecular flexibility index (Phi) is 6.00. The van der Waals surface area contributed by atoms with Crippen LogP contribution < -0.4 is 4.74 Å².